The predicted molar refractivity (Wildman–Crippen MR) is 203 cm³/mol. The average Bonchev–Trinajstić information content (AvgIpc) is 3.09. The van der Waals surface area contributed by atoms with Gasteiger partial charge in [0.05, 0.1) is 20.1 Å². The Morgan fingerprint density at radius 2 is 0.469 bits per heavy atom. The molecular formula is C43H77F5N+. The highest BCUT2D eigenvalue weighted by atomic mass is 19.2. The Hall–Kier alpha value is -1.17. The topological polar surface area (TPSA) is 0 Å². The Labute approximate surface area is 300 Å². The van der Waals surface area contributed by atoms with E-state index < -0.39 is 34.8 Å². The van der Waals surface area contributed by atoms with Crippen molar-refractivity contribution in [3.05, 3.63) is 29.1 Å². The van der Waals surface area contributed by atoms with E-state index in [1.54, 1.807) is 7.05 Å². The molecule has 0 N–H and O–H groups in total. The minimum atomic E-state index is -2.07. The van der Waals surface area contributed by atoms with E-state index in [-0.39, 0.29) is 4.48 Å². The highest BCUT2D eigenvalue weighted by Gasteiger charge is 2.38. The molecule has 0 bridgehead atoms. The second-order valence-corrected chi connectivity index (χ2v) is 15.4. The van der Waals surface area contributed by atoms with Gasteiger partial charge in [0, 0.05) is 0 Å². The molecule has 0 saturated heterocycles. The average molecular weight is 703 g/mol. The van der Waals surface area contributed by atoms with Crippen LogP contribution in [0.2, 0.25) is 0 Å². The zero-order chi connectivity index (χ0) is 36.0. The summed E-state index contributed by atoms with van der Waals surface area (Å²) in [5.74, 6) is -9.09. The quantitative estimate of drug-likeness (QED) is 0.0217. The van der Waals surface area contributed by atoms with Crippen molar-refractivity contribution in [2.24, 2.45) is 0 Å². The van der Waals surface area contributed by atoms with Gasteiger partial charge in [-0.15, -0.1) is 0 Å². The van der Waals surface area contributed by atoms with E-state index in [0.29, 0.717) is 25.9 Å². The largest absolute Gasteiger partial charge is 0.288 e. The minimum Gasteiger partial charge on any atom is -0.288 e. The maximum Gasteiger partial charge on any atom is 0.225 e. The van der Waals surface area contributed by atoms with E-state index >= 15 is 0 Å². The number of rotatable bonds is 35. The molecule has 0 atom stereocenters. The number of benzene rings is 1. The summed E-state index contributed by atoms with van der Waals surface area (Å²) in [6.07, 6.45) is 39.3. The van der Waals surface area contributed by atoms with Crippen molar-refractivity contribution >= 4 is 5.69 Å². The molecule has 0 heterocycles. The van der Waals surface area contributed by atoms with Crippen LogP contribution in [0.25, 0.3) is 0 Å². The molecule has 0 radical (unpaired) electrons. The van der Waals surface area contributed by atoms with Crippen LogP contribution in [-0.4, -0.2) is 20.1 Å². The summed E-state index contributed by atoms with van der Waals surface area (Å²) in [5.41, 5.74) is -0.668. The molecule has 0 saturated carbocycles. The van der Waals surface area contributed by atoms with E-state index in [1.165, 1.54) is 154 Å². The van der Waals surface area contributed by atoms with Gasteiger partial charge in [0.1, 0.15) is 0 Å². The van der Waals surface area contributed by atoms with Crippen molar-refractivity contribution in [3.63, 3.8) is 0 Å². The first kappa shape index (κ1) is 45.9. The minimum absolute atomic E-state index is 0.247. The van der Waals surface area contributed by atoms with Crippen LogP contribution in [0.5, 0.6) is 0 Å². The molecule has 1 aromatic rings. The first-order chi connectivity index (χ1) is 23.8. The van der Waals surface area contributed by atoms with E-state index in [0.717, 1.165) is 38.5 Å². The first-order valence-corrected chi connectivity index (χ1v) is 21.2. The number of nitrogens with zero attached hydrogens (tertiary/aromatic N) is 1. The maximum absolute atomic E-state index is 15.0. The third-order valence-corrected chi connectivity index (χ3v) is 10.7. The van der Waals surface area contributed by atoms with E-state index in [9.17, 15) is 22.0 Å². The first-order valence-electron chi connectivity index (χ1n) is 21.2. The second-order valence-electron chi connectivity index (χ2n) is 15.4. The van der Waals surface area contributed by atoms with Gasteiger partial charge in [0.15, 0.2) is 0 Å². The molecular weight excluding hydrogens is 625 g/mol. The lowest BCUT2D eigenvalue weighted by Gasteiger charge is -2.35. The maximum atomic E-state index is 15.0. The summed E-state index contributed by atoms with van der Waals surface area (Å²) in [4.78, 5) is 0. The Morgan fingerprint density at radius 1 is 0.286 bits per heavy atom. The Bertz CT molecular complexity index is 855. The molecule has 1 rings (SSSR count). The Morgan fingerprint density at radius 3 is 0.694 bits per heavy atom. The summed E-state index contributed by atoms with van der Waals surface area (Å²) >= 11 is 0. The summed E-state index contributed by atoms with van der Waals surface area (Å²) in [7, 11) is 1.65. The molecule has 0 amide bonds. The molecule has 288 valence electrons. The third-order valence-electron chi connectivity index (χ3n) is 10.7. The molecule has 0 unspecified atom stereocenters. The van der Waals surface area contributed by atoms with Crippen LogP contribution in [0.15, 0.2) is 0 Å². The molecule has 0 aliphatic carbocycles. The number of hydrogen-bond donors (Lipinski definition) is 0. The molecule has 49 heavy (non-hydrogen) atoms. The van der Waals surface area contributed by atoms with Crippen LogP contribution in [0.3, 0.4) is 0 Å². The second kappa shape index (κ2) is 30.5. The van der Waals surface area contributed by atoms with Gasteiger partial charge in [-0.1, -0.05) is 194 Å². The fourth-order valence-corrected chi connectivity index (χ4v) is 7.42. The molecule has 1 nitrogen and oxygen atoms in total. The summed E-state index contributed by atoms with van der Waals surface area (Å²) in [6.45, 7) is 5.25. The summed E-state index contributed by atoms with van der Waals surface area (Å²) < 4.78 is 72.0. The van der Waals surface area contributed by atoms with Crippen molar-refractivity contribution in [1.29, 1.82) is 0 Å². The van der Waals surface area contributed by atoms with Crippen LogP contribution in [0.4, 0.5) is 27.6 Å². The van der Waals surface area contributed by atoms with Crippen molar-refractivity contribution < 1.29 is 22.0 Å². The van der Waals surface area contributed by atoms with Gasteiger partial charge in [0.25, 0.3) is 0 Å². The molecule has 0 aromatic heterocycles. The predicted octanol–water partition coefficient (Wildman–Crippen LogP) is 15.8. The highest BCUT2D eigenvalue weighted by molar-refractivity contribution is 5.47. The number of quaternary nitrogens is 1. The van der Waals surface area contributed by atoms with Gasteiger partial charge in [-0.25, -0.2) is 13.2 Å². The third kappa shape index (κ3) is 21.1. The van der Waals surface area contributed by atoms with Gasteiger partial charge >= 0.3 is 0 Å². The smallest absolute Gasteiger partial charge is 0.225 e. The molecule has 0 spiro atoms. The number of unbranched alkanes of at least 4 members (excludes halogenated alkanes) is 30. The van der Waals surface area contributed by atoms with Crippen LogP contribution >= 0.6 is 0 Å². The van der Waals surface area contributed by atoms with Crippen molar-refractivity contribution in [2.45, 2.75) is 219 Å². The lowest BCUT2D eigenvalue weighted by molar-refractivity contribution is 0.275. The van der Waals surface area contributed by atoms with E-state index in [2.05, 4.69) is 13.8 Å². The molecule has 1 aromatic carbocycles. The van der Waals surface area contributed by atoms with Crippen LogP contribution in [-0.2, 0) is 0 Å². The van der Waals surface area contributed by atoms with Crippen LogP contribution < -0.4 is 4.48 Å². The van der Waals surface area contributed by atoms with E-state index in [4.69, 9.17) is 0 Å². The number of halogens is 5. The van der Waals surface area contributed by atoms with Gasteiger partial charge in [-0.2, -0.15) is 8.78 Å². The zero-order valence-corrected chi connectivity index (χ0v) is 32.4. The van der Waals surface area contributed by atoms with Gasteiger partial charge < -0.3 is 0 Å². The summed E-state index contributed by atoms with van der Waals surface area (Å²) in [6, 6.07) is 0. The SMILES string of the molecule is CCCCCCCCCCCCCCCCCC[N+](C)(CCCCCCCCCCCCCCCCCC)c1c(F)c(F)c(F)c(F)c1F. The van der Waals surface area contributed by atoms with Crippen molar-refractivity contribution in [2.75, 3.05) is 20.1 Å². The highest BCUT2D eigenvalue weighted by Crippen LogP contribution is 2.35. The Kier molecular flexibility index (Phi) is 28.5. The van der Waals surface area contributed by atoms with Gasteiger partial charge in [0.2, 0.25) is 34.8 Å². The lowest BCUT2D eigenvalue weighted by Crippen LogP contribution is -2.48. The standard InChI is InChI=1S/C43H77F5N/c1-4-6-8-10-12-14-16-18-20-22-24-26-28-30-32-34-36-49(3,43-41(47)39(45)38(44)40(46)42(43)48)37-35-33-31-29-27-25-23-21-19-17-15-13-11-9-7-5-2/h4-37H2,1-3H3/q+1. The Balaban J connectivity index is 2.34. The van der Waals surface area contributed by atoms with Crippen LogP contribution in [0, 0.1) is 29.1 Å². The molecule has 0 fully saturated rings. The summed E-state index contributed by atoms with van der Waals surface area (Å²) in [5, 5.41) is 0. The number of hydrogen-bond acceptors (Lipinski definition) is 0. The molecule has 0 aliphatic rings. The fraction of sp³-hybridized carbons (Fsp3) is 0.860. The van der Waals surface area contributed by atoms with Crippen molar-refractivity contribution in [1.82, 2.24) is 4.48 Å². The van der Waals surface area contributed by atoms with Gasteiger partial charge in [-0.3, -0.25) is 4.48 Å². The monoisotopic (exact) mass is 703 g/mol. The van der Waals surface area contributed by atoms with Gasteiger partial charge in [-0.05, 0) is 25.7 Å². The fourth-order valence-electron chi connectivity index (χ4n) is 7.42. The molecule has 0 aliphatic heterocycles. The zero-order valence-electron chi connectivity index (χ0n) is 32.4. The van der Waals surface area contributed by atoms with Crippen LogP contribution in [0.1, 0.15) is 219 Å². The van der Waals surface area contributed by atoms with Crippen molar-refractivity contribution in [3.8, 4) is 0 Å². The van der Waals surface area contributed by atoms with E-state index in [1.807, 2.05) is 0 Å². The molecule has 6 heteroatoms. The normalized spacial score (nSPS) is 12.0. The lowest BCUT2D eigenvalue weighted by atomic mass is 10.0.